The molecule has 6 nitrogen and oxygen atoms in total. The van der Waals surface area contributed by atoms with Gasteiger partial charge in [-0.15, -0.1) is 0 Å². The van der Waals surface area contributed by atoms with Crippen LogP contribution in [0.2, 0.25) is 0 Å². The first kappa shape index (κ1) is 17.7. The maximum Gasteiger partial charge on any atom is 0.338 e. The number of carbonyl (C=O) groups is 1. The van der Waals surface area contributed by atoms with Gasteiger partial charge < -0.3 is 24.8 Å². The number of ether oxygens (including phenoxy) is 2. The number of fused-ring (bicyclic) bond motifs is 1. The van der Waals surface area contributed by atoms with Crippen LogP contribution < -0.4 is 4.74 Å². The standard InChI is InChI=1S/C22H18O6/c23-16-10-15(11-17(24)20(16)25)22(26)28-19-12-14-8-4-5-9-18(14)27-21(19)13-6-2-1-3-7-13/h1-11,19,21,23-25H,12H2/t19-,21+/m0/s1. The Hall–Kier alpha value is -3.67. The summed E-state index contributed by atoms with van der Waals surface area (Å²) in [7, 11) is 0. The molecule has 1 heterocycles. The van der Waals surface area contributed by atoms with Crippen molar-refractivity contribution in [2.24, 2.45) is 0 Å². The number of phenols is 3. The molecule has 142 valence electrons. The second-order valence-electron chi connectivity index (χ2n) is 6.57. The van der Waals surface area contributed by atoms with Gasteiger partial charge in [0.1, 0.15) is 11.9 Å². The summed E-state index contributed by atoms with van der Waals surface area (Å²) in [6, 6.07) is 19.1. The summed E-state index contributed by atoms with van der Waals surface area (Å²) >= 11 is 0. The molecule has 3 aromatic carbocycles. The lowest BCUT2D eigenvalue weighted by atomic mass is 9.94. The molecule has 0 radical (unpaired) electrons. The van der Waals surface area contributed by atoms with Crippen molar-refractivity contribution >= 4 is 5.97 Å². The molecule has 3 N–H and O–H groups in total. The Labute approximate surface area is 161 Å². The summed E-state index contributed by atoms with van der Waals surface area (Å²) in [5.74, 6) is -1.88. The van der Waals surface area contributed by atoms with Gasteiger partial charge in [-0.3, -0.25) is 0 Å². The Morgan fingerprint density at radius 3 is 2.29 bits per heavy atom. The smallest absolute Gasteiger partial charge is 0.338 e. The molecular formula is C22H18O6. The molecule has 1 aliphatic rings. The van der Waals surface area contributed by atoms with E-state index >= 15 is 0 Å². The fraction of sp³-hybridized carbons (Fsp3) is 0.136. The lowest BCUT2D eigenvalue weighted by Crippen LogP contribution is -2.34. The lowest BCUT2D eigenvalue weighted by Gasteiger charge is -2.33. The van der Waals surface area contributed by atoms with E-state index in [0.29, 0.717) is 6.42 Å². The Balaban J connectivity index is 1.65. The average Bonchev–Trinajstić information content (AvgIpc) is 2.71. The first-order chi connectivity index (χ1) is 13.5. The van der Waals surface area contributed by atoms with Crippen LogP contribution >= 0.6 is 0 Å². The molecule has 0 saturated carbocycles. The monoisotopic (exact) mass is 378 g/mol. The van der Waals surface area contributed by atoms with Crippen molar-refractivity contribution in [3.63, 3.8) is 0 Å². The summed E-state index contributed by atoms with van der Waals surface area (Å²) in [4.78, 5) is 12.6. The van der Waals surface area contributed by atoms with Crippen LogP contribution in [-0.4, -0.2) is 27.4 Å². The zero-order chi connectivity index (χ0) is 19.7. The highest BCUT2D eigenvalue weighted by atomic mass is 16.6. The first-order valence-electron chi connectivity index (χ1n) is 8.78. The quantitative estimate of drug-likeness (QED) is 0.475. The van der Waals surface area contributed by atoms with E-state index in [1.807, 2.05) is 54.6 Å². The van der Waals surface area contributed by atoms with Gasteiger partial charge in [-0.2, -0.15) is 0 Å². The predicted molar refractivity (Wildman–Crippen MR) is 101 cm³/mol. The van der Waals surface area contributed by atoms with Crippen molar-refractivity contribution < 1.29 is 29.6 Å². The average molecular weight is 378 g/mol. The summed E-state index contributed by atoms with van der Waals surface area (Å²) in [5, 5.41) is 28.8. The molecule has 0 bridgehead atoms. The number of hydrogen-bond acceptors (Lipinski definition) is 6. The molecule has 0 fully saturated rings. The van der Waals surface area contributed by atoms with E-state index in [1.54, 1.807) is 0 Å². The first-order valence-corrected chi connectivity index (χ1v) is 8.78. The third-order valence-corrected chi connectivity index (χ3v) is 4.68. The van der Waals surface area contributed by atoms with Gasteiger partial charge in [-0.1, -0.05) is 48.5 Å². The summed E-state index contributed by atoms with van der Waals surface area (Å²) in [6.07, 6.45) is -0.653. The predicted octanol–water partition coefficient (Wildman–Crippen LogP) is 3.71. The largest absolute Gasteiger partial charge is 0.504 e. The molecule has 28 heavy (non-hydrogen) atoms. The second-order valence-corrected chi connectivity index (χ2v) is 6.57. The molecule has 2 atom stereocenters. The number of hydrogen-bond donors (Lipinski definition) is 3. The number of esters is 1. The topological polar surface area (TPSA) is 96.2 Å². The molecule has 4 rings (SSSR count). The van der Waals surface area contributed by atoms with Crippen molar-refractivity contribution in [1.29, 1.82) is 0 Å². The van der Waals surface area contributed by atoms with Gasteiger partial charge in [-0.05, 0) is 29.3 Å². The zero-order valence-electron chi connectivity index (χ0n) is 14.8. The van der Waals surface area contributed by atoms with Gasteiger partial charge in [0.2, 0.25) is 0 Å². The van der Waals surface area contributed by atoms with Crippen LogP contribution in [0.25, 0.3) is 0 Å². The maximum absolute atomic E-state index is 12.6. The molecule has 1 aliphatic heterocycles. The van der Waals surface area contributed by atoms with Gasteiger partial charge in [0, 0.05) is 6.42 Å². The van der Waals surface area contributed by atoms with Crippen molar-refractivity contribution in [2.75, 3.05) is 0 Å². The lowest BCUT2D eigenvalue weighted by molar-refractivity contribution is -0.0183. The highest BCUT2D eigenvalue weighted by molar-refractivity contribution is 5.91. The minimum Gasteiger partial charge on any atom is -0.504 e. The normalized spacial score (nSPS) is 18.0. The molecule has 3 aromatic rings. The molecule has 6 heteroatoms. The minimum atomic E-state index is -0.737. The van der Waals surface area contributed by atoms with Crippen LogP contribution in [0, 0.1) is 0 Å². The number of carbonyl (C=O) groups excluding carboxylic acids is 1. The molecule has 0 aromatic heterocycles. The number of benzene rings is 3. The van der Waals surface area contributed by atoms with Gasteiger partial charge in [0.25, 0.3) is 0 Å². The zero-order valence-corrected chi connectivity index (χ0v) is 14.8. The van der Waals surface area contributed by atoms with Crippen molar-refractivity contribution in [3.05, 3.63) is 83.4 Å². The van der Waals surface area contributed by atoms with Crippen LogP contribution in [0.4, 0.5) is 0 Å². The van der Waals surface area contributed by atoms with Crippen molar-refractivity contribution in [1.82, 2.24) is 0 Å². The Morgan fingerprint density at radius 1 is 0.929 bits per heavy atom. The Bertz CT molecular complexity index is 992. The van der Waals surface area contributed by atoms with E-state index in [0.717, 1.165) is 29.0 Å². The van der Waals surface area contributed by atoms with Crippen LogP contribution in [0.15, 0.2) is 66.7 Å². The number of para-hydroxylation sites is 1. The number of aromatic hydroxyl groups is 3. The summed E-state index contributed by atoms with van der Waals surface area (Å²) < 4.78 is 11.8. The molecule has 0 unspecified atom stereocenters. The Kier molecular flexibility index (Phi) is 4.53. The molecule has 0 aliphatic carbocycles. The van der Waals surface area contributed by atoms with E-state index in [4.69, 9.17) is 9.47 Å². The van der Waals surface area contributed by atoms with Gasteiger partial charge >= 0.3 is 5.97 Å². The number of rotatable bonds is 3. The third kappa shape index (κ3) is 3.32. The highest BCUT2D eigenvalue weighted by Gasteiger charge is 2.34. The van der Waals surface area contributed by atoms with E-state index in [1.165, 1.54) is 0 Å². The van der Waals surface area contributed by atoms with Gasteiger partial charge in [0.05, 0.1) is 5.56 Å². The van der Waals surface area contributed by atoms with E-state index in [-0.39, 0.29) is 5.56 Å². The minimum absolute atomic E-state index is 0.0709. The molecule has 0 spiro atoms. The summed E-state index contributed by atoms with van der Waals surface area (Å²) in [6.45, 7) is 0. The van der Waals surface area contributed by atoms with Crippen LogP contribution in [-0.2, 0) is 11.2 Å². The Morgan fingerprint density at radius 2 is 1.57 bits per heavy atom. The fourth-order valence-electron chi connectivity index (χ4n) is 3.28. The van der Waals surface area contributed by atoms with Gasteiger partial charge in [-0.25, -0.2) is 4.79 Å². The van der Waals surface area contributed by atoms with Crippen LogP contribution in [0.1, 0.15) is 27.6 Å². The molecule has 0 saturated heterocycles. The molecular weight excluding hydrogens is 360 g/mol. The molecule has 0 amide bonds. The second kappa shape index (κ2) is 7.15. The van der Waals surface area contributed by atoms with Crippen LogP contribution in [0.5, 0.6) is 23.0 Å². The van der Waals surface area contributed by atoms with Gasteiger partial charge in [0.15, 0.2) is 23.4 Å². The third-order valence-electron chi connectivity index (χ3n) is 4.68. The number of phenolic OH excluding ortho intramolecular Hbond substituents is 3. The fourth-order valence-corrected chi connectivity index (χ4v) is 3.28. The van der Waals surface area contributed by atoms with E-state index in [9.17, 15) is 20.1 Å². The van der Waals surface area contributed by atoms with Crippen LogP contribution in [0.3, 0.4) is 0 Å². The maximum atomic E-state index is 12.6. The van der Waals surface area contributed by atoms with E-state index < -0.39 is 35.4 Å². The van der Waals surface area contributed by atoms with E-state index in [2.05, 4.69) is 0 Å². The highest BCUT2D eigenvalue weighted by Crippen LogP contribution is 2.38. The van der Waals surface area contributed by atoms with Crippen molar-refractivity contribution in [3.8, 4) is 23.0 Å². The van der Waals surface area contributed by atoms with Crippen molar-refractivity contribution in [2.45, 2.75) is 18.6 Å². The SMILES string of the molecule is O=C(O[C@H]1Cc2ccccc2O[C@@H]1c1ccccc1)c1cc(O)c(O)c(O)c1. The summed E-state index contributed by atoms with van der Waals surface area (Å²) in [5.41, 5.74) is 1.72.